The molecule has 1 heterocycles. The summed E-state index contributed by atoms with van der Waals surface area (Å²) in [6.45, 7) is 9.97. The van der Waals surface area contributed by atoms with Crippen LogP contribution in [0.15, 0.2) is 47.1 Å². The number of aromatic hydroxyl groups is 2. The summed E-state index contributed by atoms with van der Waals surface area (Å²) < 4.78 is 6.01. The van der Waals surface area contributed by atoms with Crippen LogP contribution in [0, 0.1) is 0 Å². The monoisotopic (exact) mass is 410 g/mol. The molecule has 2 atom stereocenters. The Labute approximate surface area is 177 Å². The SMILES string of the molecule is CC(C)=CCCC(C)=CCC12OC1(CC=C(C)C)C(=O)c1c(O)cc(O)cc1C2=O. The number of hydrogen-bond acceptors (Lipinski definition) is 5. The van der Waals surface area contributed by atoms with E-state index in [-0.39, 0.29) is 35.5 Å². The van der Waals surface area contributed by atoms with E-state index in [1.807, 2.05) is 32.9 Å². The number of epoxide rings is 1. The second kappa shape index (κ2) is 7.88. The van der Waals surface area contributed by atoms with Crippen molar-refractivity contribution in [3.63, 3.8) is 0 Å². The largest absolute Gasteiger partial charge is 0.508 e. The Balaban J connectivity index is 1.99. The molecule has 0 amide bonds. The van der Waals surface area contributed by atoms with E-state index < -0.39 is 22.7 Å². The van der Waals surface area contributed by atoms with E-state index in [2.05, 4.69) is 19.9 Å². The third-order valence-electron chi connectivity index (χ3n) is 5.89. The lowest BCUT2D eigenvalue weighted by Crippen LogP contribution is -2.44. The van der Waals surface area contributed by atoms with E-state index in [4.69, 9.17) is 4.74 Å². The highest BCUT2D eigenvalue weighted by Crippen LogP contribution is 2.61. The van der Waals surface area contributed by atoms with Gasteiger partial charge in [0.05, 0.1) is 5.56 Å². The Morgan fingerprint density at radius 2 is 1.50 bits per heavy atom. The molecule has 1 aromatic rings. The molecule has 5 heteroatoms. The van der Waals surface area contributed by atoms with Gasteiger partial charge in [-0.15, -0.1) is 0 Å². The van der Waals surface area contributed by atoms with Crippen molar-refractivity contribution in [3.05, 3.63) is 58.2 Å². The normalized spacial score (nSPS) is 24.8. The summed E-state index contributed by atoms with van der Waals surface area (Å²) in [6.07, 6.45) is 8.36. The van der Waals surface area contributed by atoms with Gasteiger partial charge in [0.25, 0.3) is 0 Å². The fourth-order valence-electron chi connectivity index (χ4n) is 4.14. The van der Waals surface area contributed by atoms with Crippen LogP contribution in [0.3, 0.4) is 0 Å². The van der Waals surface area contributed by atoms with Gasteiger partial charge in [0, 0.05) is 24.5 Å². The van der Waals surface area contributed by atoms with Gasteiger partial charge in [-0.1, -0.05) is 34.9 Å². The molecule has 1 fully saturated rings. The fraction of sp³-hybridized carbons (Fsp3) is 0.440. The van der Waals surface area contributed by atoms with Crippen molar-refractivity contribution in [3.8, 4) is 11.5 Å². The molecule has 1 aliphatic heterocycles. The smallest absolute Gasteiger partial charge is 0.202 e. The summed E-state index contributed by atoms with van der Waals surface area (Å²) in [6, 6.07) is 2.33. The highest BCUT2D eigenvalue weighted by molar-refractivity contribution is 6.26. The third kappa shape index (κ3) is 3.63. The van der Waals surface area contributed by atoms with Gasteiger partial charge < -0.3 is 14.9 Å². The number of hydrogen-bond donors (Lipinski definition) is 2. The molecule has 0 aromatic heterocycles. The van der Waals surface area contributed by atoms with Gasteiger partial charge in [-0.2, -0.15) is 0 Å². The molecular weight excluding hydrogens is 380 g/mol. The number of Topliss-reactive ketones (excluding diaryl/α,β-unsaturated/α-hetero) is 2. The summed E-state index contributed by atoms with van der Waals surface area (Å²) in [5.41, 5.74) is 0.773. The van der Waals surface area contributed by atoms with Crippen LogP contribution in [0.25, 0.3) is 0 Å². The van der Waals surface area contributed by atoms with Crippen LogP contribution < -0.4 is 0 Å². The second-order valence-electron chi connectivity index (χ2n) is 8.86. The van der Waals surface area contributed by atoms with E-state index in [0.29, 0.717) is 0 Å². The van der Waals surface area contributed by atoms with E-state index in [9.17, 15) is 19.8 Å². The van der Waals surface area contributed by atoms with Crippen LogP contribution in [-0.4, -0.2) is 33.0 Å². The summed E-state index contributed by atoms with van der Waals surface area (Å²) >= 11 is 0. The molecule has 0 spiro atoms. The Hall–Kier alpha value is -2.66. The molecule has 1 aromatic carbocycles. The second-order valence-corrected chi connectivity index (χ2v) is 8.86. The number of ketones is 2. The van der Waals surface area contributed by atoms with Crippen molar-refractivity contribution in [1.29, 1.82) is 0 Å². The minimum atomic E-state index is -1.31. The van der Waals surface area contributed by atoms with E-state index in [1.54, 1.807) is 0 Å². The Kier molecular flexibility index (Phi) is 5.79. The maximum absolute atomic E-state index is 13.4. The molecule has 30 heavy (non-hydrogen) atoms. The predicted molar refractivity (Wildman–Crippen MR) is 116 cm³/mol. The Bertz CT molecular complexity index is 989. The molecule has 1 saturated heterocycles. The molecule has 0 radical (unpaired) electrons. The van der Waals surface area contributed by atoms with Crippen LogP contribution in [0.1, 0.15) is 81.0 Å². The molecule has 0 saturated carbocycles. The maximum Gasteiger partial charge on any atom is 0.202 e. The molecule has 1 aliphatic carbocycles. The Morgan fingerprint density at radius 1 is 0.900 bits per heavy atom. The van der Waals surface area contributed by atoms with Crippen molar-refractivity contribution in [2.24, 2.45) is 0 Å². The van der Waals surface area contributed by atoms with Crippen molar-refractivity contribution in [2.75, 3.05) is 0 Å². The van der Waals surface area contributed by atoms with E-state index in [0.717, 1.165) is 30.1 Å². The quantitative estimate of drug-likeness (QED) is 0.463. The Morgan fingerprint density at radius 3 is 2.13 bits per heavy atom. The van der Waals surface area contributed by atoms with Crippen LogP contribution in [0.4, 0.5) is 0 Å². The molecule has 3 rings (SSSR count). The van der Waals surface area contributed by atoms with Gasteiger partial charge in [-0.05, 0) is 53.5 Å². The first-order chi connectivity index (χ1) is 14.0. The van der Waals surface area contributed by atoms with Crippen molar-refractivity contribution in [2.45, 2.75) is 71.5 Å². The molecule has 5 nitrogen and oxygen atoms in total. The van der Waals surface area contributed by atoms with Crippen molar-refractivity contribution >= 4 is 11.6 Å². The zero-order chi connectivity index (χ0) is 22.3. The predicted octanol–water partition coefficient (Wildman–Crippen LogP) is 5.42. The number of carbonyl (C=O) groups is 2. The zero-order valence-corrected chi connectivity index (χ0v) is 18.3. The standard InChI is InChI=1S/C25H30O5/c1-15(2)7-6-8-17(5)10-12-24-22(28)19-13-18(26)14-20(27)21(19)23(29)25(24,30-24)11-9-16(3)4/h7,9-10,13-14,26-27H,6,8,11-12H2,1-5H3. The summed E-state index contributed by atoms with van der Waals surface area (Å²) in [5.74, 6) is -1.41. The topological polar surface area (TPSA) is 87.1 Å². The first kappa shape index (κ1) is 22.0. The molecule has 160 valence electrons. The number of rotatable bonds is 7. The van der Waals surface area contributed by atoms with Crippen LogP contribution in [0.5, 0.6) is 11.5 Å². The molecule has 0 bridgehead atoms. The number of benzene rings is 1. The maximum atomic E-state index is 13.4. The minimum absolute atomic E-state index is 0.0263. The van der Waals surface area contributed by atoms with Crippen molar-refractivity contribution in [1.82, 2.24) is 0 Å². The van der Waals surface area contributed by atoms with Gasteiger partial charge in [0.2, 0.25) is 5.78 Å². The van der Waals surface area contributed by atoms with Crippen molar-refractivity contribution < 1.29 is 24.5 Å². The van der Waals surface area contributed by atoms with Gasteiger partial charge in [-0.25, -0.2) is 0 Å². The molecule has 2 N–H and O–H groups in total. The molecule has 2 aliphatic rings. The number of ether oxygens (including phenoxy) is 1. The fourth-order valence-corrected chi connectivity index (χ4v) is 4.14. The highest BCUT2D eigenvalue weighted by Gasteiger charge is 2.79. The van der Waals surface area contributed by atoms with E-state index >= 15 is 0 Å². The summed E-state index contributed by atoms with van der Waals surface area (Å²) in [7, 11) is 0. The lowest BCUT2D eigenvalue weighted by atomic mass is 9.70. The first-order valence-electron chi connectivity index (χ1n) is 10.3. The lowest BCUT2D eigenvalue weighted by molar-refractivity contribution is 0.0837. The highest BCUT2D eigenvalue weighted by atomic mass is 16.6. The third-order valence-corrected chi connectivity index (χ3v) is 5.89. The van der Waals surface area contributed by atoms with Gasteiger partial charge in [0.1, 0.15) is 11.5 Å². The summed E-state index contributed by atoms with van der Waals surface area (Å²) in [4.78, 5) is 26.8. The average Bonchev–Trinajstić information content (AvgIpc) is 3.33. The number of fused-ring (bicyclic) bond motifs is 2. The van der Waals surface area contributed by atoms with E-state index in [1.165, 1.54) is 11.6 Å². The van der Waals surface area contributed by atoms with Gasteiger partial charge in [0.15, 0.2) is 17.0 Å². The first-order valence-corrected chi connectivity index (χ1v) is 10.3. The number of carbonyl (C=O) groups excluding carboxylic acids is 2. The average molecular weight is 411 g/mol. The van der Waals surface area contributed by atoms with Gasteiger partial charge in [-0.3, -0.25) is 9.59 Å². The number of phenols is 2. The number of phenolic OH excluding ortho intramolecular Hbond substituents is 2. The zero-order valence-electron chi connectivity index (χ0n) is 18.3. The lowest BCUT2D eigenvalue weighted by Gasteiger charge is -2.25. The number of allylic oxidation sites excluding steroid dienone is 4. The summed E-state index contributed by atoms with van der Waals surface area (Å²) in [5, 5.41) is 20.1. The molecule has 2 unspecified atom stereocenters. The van der Waals surface area contributed by atoms with Crippen LogP contribution in [0.2, 0.25) is 0 Å². The van der Waals surface area contributed by atoms with Crippen LogP contribution in [-0.2, 0) is 4.74 Å². The minimum Gasteiger partial charge on any atom is -0.508 e. The van der Waals surface area contributed by atoms with Gasteiger partial charge >= 0.3 is 0 Å². The van der Waals surface area contributed by atoms with Crippen LogP contribution >= 0.6 is 0 Å². The molecular formula is C25H30O5.